The summed E-state index contributed by atoms with van der Waals surface area (Å²) in [6.07, 6.45) is -1.49. The van der Waals surface area contributed by atoms with Gasteiger partial charge in [0.15, 0.2) is 6.10 Å². The number of urea groups is 1. The van der Waals surface area contributed by atoms with Crippen LogP contribution >= 0.6 is 0 Å². The summed E-state index contributed by atoms with van der Waals surface area (Å²) in [5, 5.41) is 22.3. The van der Waals surface area contributed by atoms with Crippen LogP contribution in [0.1, 0.15) is 6.42 Å². The maximum absolute atomic E-state index is 11.2. The molecule has 0 radical (unpaired) electrons. The Morgan fingerprint density at radius 3 is 2.44 bits per heavy atom. The van der Waals surface area contributed by atoms with Crippen molar-refractivity contribution in [3.63, 3.8) is 0 Å². The van der Waals surface area contributed by atoms with Crippen molar-refractivity contribution in [2.45, 2.75) is 12.5 Å². The topological polar surface area (TPSA) is 117 Å². The minimum Gasteiger partial charge on any atom is -0.479 e. The molecule has 8 heteroatoms. The van der Waals surface area contributed by atoms with Crippen molar-refractivity contribution in [2.24, 2.45) is 0 Å². The van der Waals surface area contributed by atoms with Crippen molar-refractivity contribution in [1.82, 2.24) is 10.6 Å². The van der Waals surface area contributed by atoms with Crippen LogP contribution in [0.2, 0.25) is 0 Å². The lowest BCUT2D eigenvalue weighted by Crippen LogP contribution is -2.39. The van der Waals surface area contributed by atoms with Crippen LogP contribution in [0.15, 0.2) is 0 Å². The molecule has 0 bridgehead atoms. The number of methoxy groups -OCH3 is 1. The molecule has 0 aromatic heterocycles. The van der Waals surface area contributed by atoms with Gasteiger partial charge < -0.3 is 30.3 Å². The van der Waals surface area contributed by atoms with E-state index in [1.165, 1.54) is 0 Å². The second kappa shape index (κ2) is 10.8. The maximum atomic E-state index is 11.2. The van der Waals surface area contributed by atoms with Crippen LogP contribution in [0, 0.1) is 0 Å². The molecule has 4 N–H and O–H groups in total. The summed E-state index contributed by atoms with van der Waals surface area (Å²) in [4.78, 5) is 21.4. The van der Waals surface area contributed by atoms with Crippen LogP contribution in [-0.4, -0.2) is 68.3 Å². The molecule has 18 heavy (non-hydrogen) atoms. The molecule has 0 aromatic rings. The average molecular weight is 264 g/mol. The lowest BCUT2D eigenvalue weighted by atomic mass is 10.2. The van der Waals surface area contributed by atoms with Gasteiger partial charge in [0.1, 0.15) is 0 Å². The van der Waals surface area contributed by atoms with E-state index in [1.807, 2.05) is 0 Å². The first-order valence-electron chi connectivity index (χ1n) is 5.57. The highest BCUT2D eigenvalue weighted by molar-refractivity contribution is 5.74. The third-order valence-corrected chi connectivity index (χ3v) is 1.95. The number of carbonyl (C=O) groups is 2. The second-order valence-corrected chi connectivity index (χ2v) is 3.43. The van der Waals surface area contributed by atoms with Crippen molar-refractivity contribution in [3.8, 4) is 0 Å². The number of aliphatic carboxylic acids is 1. The number of aliphatic hydroxyl groups excluding tert-OH is 1. The number of ether oxygens (including phenoxy) is 2. The van der Waals surface area contributed by atoms with Crippen molar-refractivity contribution in [3.05, 3.63) is 0 Å². The van der Waals surface area contributed by atoms with Gasteiger partial charge in [0.2, 0.25) is 0 Å². The Labute approximate surface area is 105 Å². The normalized spacial score (nSPS) is 11.9. The van der Waals surface area contributed by atoms with E-state index in [0.29, 0.717) is 26.4 Å². The number of hydrogen-bond acceptors (Lipinski definition) is 5. The largest absolute Gasteiger partial charge is 0.479 e. The first-order chi connectivity index (χ1) is 8.57. The summed E-state index contributed by atoms with van der Waals surface area (Å²) < 4.78 is 9.88. The van der Waals surface area contributed by atoms with Crippen LogP contribution in [0.5, 0.6) is 0 Å². The van der Waals surface area contributed by atoms with Crippen LogP contribution in [0.25, 0.3) is 0 Å². The summed E-state index contributed by atoms with van der Waals surface area (Å²) >= 11 is 0. The molecule has 0 rings (SSSR count). The predicted octanol–water partition coefficient (Wildman–Crippen LogP) is -1.22. The Balaban J connectivity index is 3.35. The zero-order valence-electron chi connectivity index (χ0n) is 10.3. The van der Waals surface area contributed by atoms with Gasteiger partial charge >= 0.3 is 12.0 Å². The highest BCUT2D eigenvalue weighted by Gasteiger charge is 2.12. The molecule has 0 aliphatic rings. The van der Waals surface area contributed by atoms with Crippen molar-refractivity contribution in [1.29, 1.82) is 0 Å². The van der Waals surface area contributed by atoms with Crippen molar-refractivity contribution < 1.29 is 29.3 Å². The van der Waals surface area contributed by atoms with Gasteiger partial charge in [0.05, 0.1) is 19.8 Å². The molecule has 106 valence electrons. The smallest absolute Gasteiger partial charge is 0.332 e. The molecule has 0 aromatic carbocycles. The number of amides is 2. The van der Waals surface area contributed by atoms with Gasteiger partial charge in [-0.1, -0.05) is 0 Å². The zero-order valence-corrected chi connectivity index (χ0v) is 10.3. The van der Waals surface area contributed by atoms with Gasteiger partial charge in [0.25, 0.3) is 0 Å². The fraction of sp³-hybridized carbons (Fsp3) is 0.800. The minimum absolute atomic E-state index is 0.0346. The lowest BCUT2D eigenvalue weighted by Gasteiger charge is -2.09. The van der Waals surface area contributed by atoms with Crippen LogP contribution in [0.3, 0.4) is 0 Å². The fourth-order valence-electron chi connectivity index (χ4n) is 0.989. The Bertz CT molecular complexity index is 249. The predicted molar refractivity (Wildman–Crippen MR) is 62.4 cm³/mol. The van der Waals surface area contributed by atoms with E-state index in [2.05, 4.69) is 10.6 Å². The Morgan fingerprint density at radius 2 is 1.83 bits per heavy atom. The number of aliphatic hydroxyl groups is 1. The fourth-order valence-corrected chi connectivity index (χ4v) is 0.989. The van der Waals surface area contributed by atoms with Gasteiger partial charge in [0, 0.05) is 26.6 Å². The first kappa shape index (κ1) is 16.6. The highest BCUT2D eigenvalue weighted by atomic mass is 16.5. The first-order valence-corrected chi connectivity index (χ1v) is 5.57. The molecule has 0 saturated carbocycles. The molecule has 0 spiro atoms. The van der Waals surface area contributed by atoms with Crippen LogP contribution in [0.4, 0.5) is 4.79 Å². The molecule has 0 aliphatic carbocycles. The monoisotopic (exact) mass is 264 g/mol. The van der Waals surface area contributed by atoms with E-state index in [1.54, 1.807) is 7.11 Å². The summed E-state index contributed by atoms with van der Waals surface area (Å²) in [7, 11) is 1.57. The van der Waals surface area contributed by atoms with Crippen molar-refractivity contribution >= 4 is 12.0 Å². The molecule has 1 unspecified atom stereocenters. The third-order valence-electron chi connectivity index (χ3n) is 1.95. The number of carboxylic acids is 1. The Morgan fingerprint density at radius 1 is 1.17 bits per heavy atom. The van der Waals surface area contributed by atoms with E-state index >= 15 is 0 Å². The summed E-state index contributed by atoms with van der Waals surface area (Å²) in [6, 6.07) is -0.428. The lowest BCUT2D eigenvalue weighted by molar-refractivity contribution is -0.146. The van der Waals surface area contributed by atoms with Gasteiger partial charge in [-0.3, -0.25) is 0 Å². The quantitative estimate of drug-likeness (QED) is 0.368. The van der Waals surface area contributed by atoms with E-state index in [-0.39, 0.29) is 13.0 Å². The van der Waals surface area contributed by atoms with E-state index in [4.69, 9.17) is 19.7 Å². The number of nitrogens with one attached hydrogen (secondary N) is 2. The average Bonchev–Trinajstić information content (AvgIpc) is 2.33. The number of hydrogen-bond donors (Lipinski definition) is 4. The molecule has 0 aliphatic heterocycles. The molecular weight excluding hydrogens is 244 g/mol. The molecule has 2 amide bonds. The summed E-state index contributed by atoms with van der Waals surface area (Å²) in [5.41, 5.74) is 0. The minimum atomic E-state index is -1.46. The zero-order chi connectivity index (χ0) is 13.8. The Kier molecular flexibility index (Phi) is 9.93. The Hall–Kier alpha value is -1.38. The summed E-state index contributed by atoms with van der Waals surface area (Å²) in [5.74, 6) is -1.30. The van der Waals surface area contributed by atoms with E-state index in [0.717, 1.165) is 0 Å². The van der Waals surface area contributed by atoms with Gasteiger partial charge in [-0.15, -0.1) is 0 Å². The van der Waals surface area contributed by atoms with E-state index in [9.17, 15) is 9.59 Å². The van der Waals surface area contributed by atoms with Gasteiger partial charge in [-0.2, -0.15) is 0 Å². The van der Waals surface area contributed by atoms with Crippen molar-refractivity contribution in [2.75, 3.05) is 40.0 Å². The summed E-state index contributed by atoms with van der Waals surface area (Å²) in [6.45, 7) is 1.76. The second-order valence-electron chi connectivity index (χ2n) is 3.43. The highest BCUT2D eigenvalue weighted by Crippen LogP contribution is 1.88. The molecule has 1 atom stereocenters. The standard InChI is InChI=1S/C10H20N2O6/c1-17-6-7-18-5-4-12-10(16)11-3-2-8(13)9(14)15/h8,13H,2-7H2,1H3,(H,14,15)(H2,11,12,16). The molecule has 8 nitrogen and oxygen atoms in total. The number of carboxylic acid groups (broad SMARTS) is 1. The molecule has 0 heterocycles. The van der Waals surface area contributed by atoms with Gasteiger partial charge in [-0.25, -0.2) is 9.59 Å². The third kappa shape index (κ3) is 9.82. The van der Waals surface area contributed by atoms with E-state index < -0.39 is 18.1 Å². The van der Waals surface area contributed by atoms with Gasteiger partial charge in [-0.05, 0) is 0 Å². The number of rotatable bonds is 10. The molecule has 0 saturated heterocycles. The van der Waals surface area contributed by atoms with Crippen LogP contribution < -0.4 is 10.6 Å². The maximum Gasteiger partial charge on any atom is 0.332 e. The van der Waals surface area contributed by atoms with Crippen LogP contribution in [-0.2, 0) is 14.3 Å². The SMILES string of the molecule is COCCOCCNC(=O)NCCC(O)C(=O)O. The number of carbonyl (C=O) groups excluding carboxylic acids is 1. The molecular formula is C10H20N2O6. The molecule has 0 fully saturated rings.